The molecule has 4 aromatic rings. The highest BCUT2D eigenvalue weighted by atomic mass is 32.2. The molecule has 1 aliphatic heterocycles. The Morgan fingerprint density at radius 3 is 2.89 bits per heavy atom. The number of aromatic nitrogens is 4. The van der Waals surface area contributed by atoms with E-state index in [-0.39, 0.29) is 5.91 Å². The standard InChI is InChI=1S/C20H17N5OS/c1-13-18(25-9-5-4-8-17(25)21-13)19(26)22-15-7-3-2-6-14(15)16-12-24-10-11-27-20(24)23-16/h2-9,12H,10-11H2,1H3,(H,22,26). The molecule has 1 amide bonds. The lowest BCUT2D eigenvalue weighted by Crippen LogP contribution is -2.16. The minimum atomic E-state index is -0.181. The summed E-state index contributed by atoms with van der Waals surface area (Å²) >= 11 is 1.76. The molecule has 7 heteroatoms. The Bertz CT molecular complexity index is 1150. The van der Waals surface area contributed by atoms with Crippen LogP contribution in [0.3, 0.4) is 0 Å². The van der Waals surface area contributed by atoms with Gasteiger partial charge in [0.1, 0.15) is 11.3 Å². The van der Waals surface area contributed by atoms with Crippen LogP contribution >= 0.6 is 11.8 Å². The molecular weight excluding hydrogens is 358 g/mol. The van der Waals surface area contributed by atoms with Crippen LogP contribution in [0.5, 0.6) is 0 Å². The summed E-state index contributed by atoms with van der Waals surface area (Å²) < 4.78 is 3.97. The molecule has 0 saturated carbocycles. The largest absolute Gasteiger partial charge is 0.325 e. The first-order valence-electron chi connectivity index (χ1n) is 8.75. The van der Waals surface area contributed by atoms with Crippen LogP contribution in [0.15, 0.2) is 60.0 Å². The Kier molecular flexibility index (Phi) is 3.75. The van der Waals surface area contributed by atoms with Crippen molar-refractivity contribution in [2.75, 3.05) is 11.1 Å². The van der Waals surface area contributed by atoms with Gasteiger partial charge < -0.3 is 9.88 Å². The fourth-order valence-electron chi connectivity index (χ4n) is 3.42. The molecule has 0 radical (unpaired) electrons. The zero-order valence-electron chi connectivity index (χ0n) is 14.7. The second-order valence-electron chi connectivity index (χ2n) is 6.42. The SMILES string of the molecule is Cc1nc2ccccn2c1C(=O)Nc1ccccc1-c1cn2c(n1)SCC2. The van der Waals surface area contributed by atoms with E-state index in [1.54, 1.807) is 11.8 Å². The van der Waals surface area contributed by atoms with Crippen LogP contribution in [0.4, 0.5) is 5.69 Å². The van der Waals surface area contributed by atoms with Gasteiger partial charge in [-0.15, -0.1) is 0 Å². The molecule has 1 N–H and O–H groups in total. The third-order valence-electron chi connectivity index (χ3n) is 4.67. The number of hydrogen-bond acceptors (Lipinski definition) is 4. The summed E-state index contributed by atoms with van der Waals surface area (Å²) in [4.78, 5) is 22.2. The van der Waals surface area contributed by atoms with Crippen molar-refractivity contribution in [3.05, 3.63) is 66.2 Å². The van der Waals surface area contributed by atoms with Gasteiger partial charge in [-0.05, 0) is 25.1 Å². The van der Waals surface area contributed by atoms with E-state index in [1.807, 2.05) is 60.0 Å². The van der Waals surface area contributed by atoms with Crippen molar-refractivity contribution in [3.8, 4) is 11.3 Å². The zero-order chi connectivity index (χ0) is 18.4. The highest BCUT2D eigenvalue weighted by Gasteiger charge is 2.20. The van der Waals surface area contributed by atoms with Gasteiger partial charge in [0.15, 0.2) is 5.16 Å². The van der Waals surface area contributed by atoms with E-state index in [1.165, 1.54) is 0 Å². The van der Waals surface area contributed by atoms with Gasteiger partial charge in [-0.3, -0.25) is 9.20 Å². The lowest BCUT2D eigenvalue weighted by Gasteiger charge is -2.10. The number of rotatable bonds is 3. The third kappa shape index (κ3) is 2.71. The van der Waals surface area contributed by atoms with Gasteiger partial charge in [-0.25, -0.2) is 9.97 Å². The number of benzene rings is 1. The maximum atomic E-state index is 13.0. The molecule has 0 fully saturated rings. The molecule has 6 nitrogen and oxygen atoms in total. The van der Waals surface area contributed by atoms with Gasteiger partial charge in [0, 0.05) is 30.3 Å². The van der Waals surface area contributed by atoms with Crippen LogP contribution in [0, 0.1) is 6.92 Å². The summed E-state index contributed by atoms with van der Waals surface area (Å²) in [6, 6.07) is 13.5. The average Bonchev–Trinajstić information content (AvgIpc) is 3.34. The fraction of sp³-hybridized carbons (Fsp3) is 0.150. The molecule has 4 heterocycles. The lowest BCUT2D eigenvalue weighted by molar-refractivity contribution is 0.102. The molecule has 5 rings (SSSR count). The van der Waals surface area contributed by atoms with Crippen LogP contribution in [0.1, 0.15) is 16.2 Å². The Morgan fingerprint density at radius 1 is 1.15 bits per heavy atom. The van der Waals surface area contributed by atoms with E-state index >= 15 is 0 Å². The van der Waals surface area contributed by atoms with Gasteiger partial charge >= 0.3 is 0 Å². The number of carbonyl (C=O) groups is 1. The quantitative estimate of drug-likeness (QED) is 0.590. The third-order valence-corrected chi connectivity index (χ3v) is 5.64. The molecule has 1 aromatic carbocycles. The van der Waals surface area contributed by atoms with Crippen molar-refractivity contribution in [3.63, 3.8) is 0 Å². The van der Waals surface area contributed by atoms with Crippen LogP contribution in [-0.4, -0.2) is 30.6 Å². The zero-order valence-corrected chi connectivity index (χ0v) is 15.5. The van der Waals surface area contributed by atoms with E-state index < -0.39 is 0 Å². The van der Waals surface area contributed by atoms with Crippen molar-refractivity contribution < 1.29 is 4.79 Å². The molecule has 0 atom stereocenters. The first-order valence-corrected chi connectivity index (χ1v) is 9.74. The lowest BCUT2D eigenvalue weighted by atomic mass is 10.1. The highest BCUT2D eigenvalue weighted by Crippen LogP contribution is 2.32. The Labute approximate surface area is 160 Å². The normalized spacial score (nSPS) is 13.1. The molecule has 27 heavy (non-hydrogen) atoms. The number of nitrogens with zero attached hydrogens (tertiary/aromatic N) is 4. The molecule has 0 unspecified atom stereocenters. The molecule has 0 saturated heterocycles. The second-order valence-corrected chi connectivity index (χ2v) is 7.49. The smallest absolute Gasteiger partial charge is 0.274 e. The average molecular weight is 375 g/mol. The van der Waals surface area contributed by atoms with Crippen LogP contribution in [0.25, 0.3) is 16.9 Å². The van der Waals surface area contributed by atoms with Crippen molar-refractivity contribution >= 4 is 29.0 Å². The van der Waals surface area contributed by atoms with Gasteiger partial charge in [0.25, 0.3) is 5.91 Å². The van der Waals surface area contributed by atoms with Crippen molar-refractivity contribution in [1.82, 2.24) is 18.9 Å². The number of para-hydroxylation sites is 1. The number of imidazole rings is 2. The topological polar surface area (TPSA) is 64.2 Å². The van der Waals surface area contributed by atoms with Gasteiger partial charge in [0.05, 0.1) is 17.1 Å². The Morgan fingerprint density at radius 2 is 2.00 bits per heavy atom. The number of aryl methyl sites for hydroxylation is 2. The van der Waals surface area contributed by atoms with Crippen molar-refractivity contribution in [2.24, 2.45) is 0 Å². The number of amides is 1. The fourth-order valence-corrected chi connectivity index (χ4v) is 4.37. The maximum absolute atomic E-state index is 13.0. The number of nitrogens with one attached hydrogen (secondary N) is 1. The molecule has 0 spiro atoms. The number of thioether (sulfide) groups is 1. The summed E-state index contributed by atoms with van der Waals surface area (Å²) in [7, 11) is 0. The predicted molar refractivity (Wildman–Crippen MR) is 106 cm³/mol. The number of hydrogen-bond donors (Lipinski definition) is 1. The molecule has 0 aliphatic carbocycles. The van der Waals surface area contributed by atoms with Crippen LogP contribution < -0.4 is 5.32 Å². The Hall–Kier alpha value is -3.06. The minimum Gasteiger partial charge on any atom is -0.325 e. The van der Waals surface area contributed by atoms with E-state index in [0.717, 1.165) is 40.0 Å². The van der Waals surface area contributed by atoms with E-state index in [2.05, 4.69) is 21.1 Å². The van der Waals surface area contributed by atoms with E-state index in [4.69, 9.17) is 4.98 Å². The predicted octanol–water partition coefficient (Wildman–Crippen LogP) is 3.86. The summed E-state index contributed by atoms with van der Waals surface area (Å²) in [6.07, 6.45) is 3.91. The summed E-state index contributed by atoms with van der Waals surface area (Å²) in [5.41, 5.74) is 4.55. The summed E-state index contributed by atoms with van der Waals surface area (Å²) in [6.45, 7) is 2.83. The number of fused-ring (bicyclic) bond motifs is 2. The molecule has 0 bridgehead atoms. The number of anilines is 1. The first-order chi connectivity index (χ1) is 13.2. The van der Waals surface area contributed by atoms with Gasteiger partial charge in [-0.1, -0.05) is 36.0 Å². The second kappa shape index (κ2) is 6.28. The summed E-state index contributed by atoms with van der Waals surface area (Å²) in [5, 5.41) is 4.08. The molecule has 3 aromatic heterocycles. The first kappa shape index (κ1) is 16.1. The number of pyridine rings is 1. The van der Waals surface area contributed by atoms with Gasteiger partial charge in [0.2, 0.25) is 0 Å². The highest BCUT2D eigenvalue weighted by molar-refractivity contribution is 7.99. The van der Waals surface area contributed by atoms with Crippen molar-refractivity contribution in [2.45, 2.75) is 18.6 Å². The molecule has 1 aliphatic rings. The van der Waals surface area contributed by atoms with Crippen molar-refractivity contribution in [1.29, 1.82) is 0 Å². The van der Waals surface area contributed by atoms with Gasteiger partial charge in [-0.2, -0.15) is 0 Å². The van der Waals surface area contributed by atoms with E-state index in [9.17, 15) is 4.79 Å². The number of carbonyl (C=O) groups excluding carboxylic acids is 1. The minimum absolute atomic E-state index is 0.181. The monoisotopic (exact) mass is 375 g/mol. The maximum Gasteiger partial charge on any atom is 0.274 e. The van der Waals surface area contributed by atoms with E-state index in [0.29, 0.717) is 11.4 Å². The summed E-state index contributed by atoms with van der Waals surface area (Å²) in [5.74, 6) is 0.883. The molecular formula is C20H17N5OS. The van der Waals surface area contributed by atoms with Crippen LogP contribution in [0.2, 0.25) is 0 Å². The molecule has 134 valence electrons. The Balaban J connectivity index is 1.52. The van der Waals surface area contributed by atoms with Crippen LogP contribution in [-0.2, 0) is 6.54 Å².